The van der Waals surface area contributed by atoms with Crippen molar-refractivity contribution in [2.24, 2.45) is 5.73 Å². The van der Waals surface area contributed by atoms with Gasteiger partial charge in [0, 0.05) is 12.8 Å². The Morgan fingerprint density at radius 3 is 1.42 bits per heavy atom. The zero-order valence-corrected chi connectivity index (χ0v) is 33.8. The number of carbonyl (C=O) groups excluding carboxylic acids is 2. The van der Waals surface area contributed by atoms with Crippen LogP contribution in [0.4, 0.5) is 0 Å². The van der Waals surface area contributed by atoms with Crippen molar-refractivity contribution in [3.63, 3.8) is 0 Å². The predicted molar refractivity (Wildman–Crippen MR) is 208 cm³/mol. The molecule has 0 aliphatic rings. The number of allylic oxidation sites excluding steroid dienone is 2. The van der Waals surface area contributed by atoms with Gasteiger partial charge in [-0.3, -0.25) is 23.4 Å². The molecule has 0 aliphatic heterocycles. The summed E-state index contributed by atoms with van der Waals surface area (Å²) in [5.74, 6) is -2.39. The van der Waals surface area contributed by atoms with E-state index >= 15 is 0 Å². The monoisotopic (exact) mass is 762 g/mol. The molecule has 0 aromatic carbocycles. The maximum absolute atomic E-state index is 12.6. The third-order valence-electron chi connectivity index (χ3n) is 9.01. The van der Waals surface area contributed by atoms with Crippen LogP contribution in [0.2, 0.25) is 0 Å². The van der Waals surface area contributed by atoms with Crippen molar-refractivity contribution < 1.29 is 47.5 Å². The van der Waals surface area contributed by atoms with Crippen LogP contribution in [0.15, 0.2) is 12.2 Å². The largest absolute Gasteiger partial charge is 0.480 e. The number of nitrogens with two attached hydrogens (primary N) is 1. The summed E-state index contributed by atoms with van der Waals surface area (Å²) in [6.45, 7) is 2.79. The molecular weight excluding hydrogens is 685 g/mol. The Hall–Kier alpha value is -1.78. The molecule has 11 nitrogen and oxygen atoms in total. The topological polar surface area (TPSA) is 172 Å². The Morgan fingerprint density at radius 2 is 0.962 bits per heavy atom. The molecule has 0 aromatic rings. The van der Waals surface area contributed by atoms with E-state index < -0.39 is 51.1 Å². The van der Waals surface area contributed by atoms with Gasteiger partial charge in [0.05, 0.1) is 13.2 Å². The van der Waals surface area contributed by atoms with E-state index in [4.69, 9.17) is 24.8 Å². The third-order valence-corrected chi connectivity index (χ3v) is 9.96. The van der Waals surface area contributed by atoms with Gasteiger partial charge in [-0.2, -0.15) is 0 Å². The summed E-state index contributed by atoms with van der Waals surface area (Å²) in [5, 5.41) is 8.87. The van der Waals surface area contributed by atoms with E-state index in [0.717, 1.165) is 44.9 Å². The molecule has 0 rings (SSSR count). The normalized spacial score (nSPS) is 13.9. The predicted octanol–water partition coefficient (Wildman–Crippen LogP) is 10.5. The van der Waals surface area contributed by atoms with Gasteiger partial charge in [-0.25, -0.2) is 4.57 Å². The number of unbranched alkanes of at least 4 members (excludes halogenated alkanes) is 23. The van der Waals surface area contributed by atoms with E-state index in [-0.39, 0.29) is 19.4 Å². The Morgan fingerprint density at radius 1 is 0.577 bits per heavy atom. The molecule has 0 saturated heterocycles. The molecule has 0 saturated carbocycles. The highest BCUT2D eigenvalue weighted by molar-refractivity contribution is 7.47. The Bertz CT molecular complexity index is 947. The lowest BCUT2D eigenvalue weighted by Gasteiger charge is -2.20. The van der Waals surface area contributed by atoms with E-state index in [2.05, 4.69) is 30.5 Å². The fourth-order valence-electron chi connectivity index (χ4n) is 5.71. The molecule has 0 bridgehead atoms. The van der Waals surface area contributed by atoms with Crippen LogP contribution in [0.25, 0.3) is 0 Å². The minimum absolute atomic E-state index is 0.163. The van der Waals surface area contributed by atoms with Crippen LogP contribution in [0, 0.1) is 0 Å². The smallest absolute Gasteiger partial charge is 0.472 e. The van der Waals surface area contributed by atoms with E-state index in [9.17, 15) is 23.8 Å². The molecule has 0 radical (unpaired) electrons. The van der Waals surface area contributed by atoms with Crippen molar-refractivity contribution in [3.8, 4) is 0 Å². The van der Waals surface area contributed by atoms with Gasteiger partial charge in [-0.05, 0) is 38.5 Å². The number of ether oxygens (including phenoxy) is 2. The van der Waals surface area contributed by atoms with E-state index in [1.165, 1.54) is 109 Å². The van der Waals surface area contributed by atoms with Crippen LogP contribution in [0.1, 0.15) is 194 Å². The van der Waals surface area contributed by atoms with Crippen LogP contribution in [0.3, 0.4) is 0 Å². The zero-order valence-electron chi connectivity index (χ0n) is 32.9. The summed E-state index contributed by atoms with van der Waals surface area (Å²) < 4.78 is 32.6. The van der Waals surface area contributed by atoms with Crippen molar-refractivity contribution in [1.29, 1.82) is 0 Å². The minimum Gasteiger partial charge on any atom is -0.480 e. The Balaban J connectivity index is 4.39. The van der Waals surface area contributed by atoms with Gasteiger partial charge in [0.25, 0.3) is 0 Å². The quantitative estimate of drug-likeness (QED) is 0.0235. The van der Waals surface area contributed by atoms with Crippen molar-refractivity contribution in [2.45, 2.75) is 206 Å². The molecule has 1 unspecified atom stereocenters. The first-order chi connectivity index (χ1) is 25.1. The van der Waals surface area contributed by atoms with Gasteiger partial charge in [0.2, 0.25) is 0 Å². The Kier molecular flexibility index (Phi) is 35.0. The van der Waals surface area contributed by atoms with Crippen LogP contribution >= 0.6 is 7.82 Å². The maximum atomic E-state index is 12.6. The van der Waals surface area contributed by atoms with Crippen LogP contribution in [-0.2, 0) is 37.5 Å². The first-order valence-corrected chi connectivity index (χ1v) is 22.2. The van der Waals surface area contributed by atoms with Gasteiger partial charge >= 0.3 is 25.7 Å². The number of esters is 2. The molecule has 0 amide bonds. The standard InChI is InChI=1S/C40H76NO10P/c1-3-5-7-9-11-13-15-17-18-20-21-23-25-27-29-31-38(42)48-33-36(34-49-52(46,47)50-35-37(41)40(44)45)51-39(43)32-30-28-26-24-22-19-16-14-12-10-8-6-4-2/h20-21,36-37H,3-19,22-35,41H2,1-2H3,(H,44,45)(H,46,47)/b21-20+/t36-,37+/m1/s1. The second-order valence-corrected chi connectivity index (χ2v) is 15.6. The second kappa shape index (κ2) is 36.2. The number of carboxylic acid groups (broad SMARTS) is 1. The number of phosphoric acid groups is 1. The molecule has 4 N–H and O–H groups in total. The molecular formula is C40H76NO10P. The number of hydrogen-bond acceptors (Lipinski definition) is 9. The van der Waals surface area contributed by atoms with Gasteiger partial charge in [0.15, 0.2) is 6.10 Å². The fourth-order valence-corrected chi connectivity index (χ4v) is 6.48. The second-order valence-electron chi connectivity index (χ2n) is 14.1. The highest BCUT2D eigenvalue weighted by atomic mass is 31.2. The Labute approximate surface area is 316 Å². The zero-order chi connectivity index (χ0) is 38.5. The van der Waals surface area contributed by atoms with Crippen molar-refractivity contribution in [1.82, 2.24) is 0 Å². The summed E-state index contributed by atoms with van der Waals surface area (Å²) in [4.78, 5) is 45.8. The average molecular weight is 762 g/mol. The first kappa shape index (κ1) is 50.2. The minimum atomic E-state index is -4.71. The van der Waals surface area contributed by atoms with Crippen LogP contribution in [0.5, 0.6) is 0 Å². The van der Waals surface area contributed by atoms with E-state index in [0.29, 0.717) is 12.8 Å². The lowest BCUT2D eigenvalue weighted by molar-refractivity contribution is -0.161. The SMILES string of the molecule is CCCCCCCCCC/C=C/CCCCCC(=O)OC[C@H](COP(=O)(O)OC[C@H](N)C(=O)O)OC(=O)CCCCCCCCCCCCCCC. The van der Waals surface area contributed by atoms with Gasteiger partial charge in [-0.15, -0.1) is 0 Å². The fraction of sp³-hybridized carbons (Fsp3) is 0.875. The van der Waals surface area contributed by atoms with Crippen molar-refractivity contribution in [2.75, 3.05) is 19.8 Å². The number of phosphoric ester groups is 1. The molecule has 0 aliphatic carbocycles. The van der Waals surface area contributed by atoms with Crippen molar-refractivity contribution >= 4 is 25.7 Å². The van der Waals surface area contributed by atoms with Gasteiger partial charge < -0.3 is 25.2 Å². The molecule has 306 valence electrons. The van der Waals surface area contributed by atoms with Gasteiger partial charge in [-0.1, -0.05) is 154 Å². The van der Waals surface area contributed by atoms with Crippen LogP contribution in [-0.4, -0.2) is 59.9 Å². The third kappa shape index (κ3) is 35.3. The number of carbonyl (C=O) groups is 3. The van der Waals surface area contributed by atoms with Gasteiger partial charge in [0.1, 0.15) is 12.6 Å². The molecule has 0 aromatic heterocycles. The first-order valence-electron chi connectivity index (χ1n) is 20.7. The lowest BCUT2D eigenvalue weighted by atomic mass is 10.0. The molecule has 0 spiro atoms. The van der Waals surface area contributed by atoms with E-state index in [1.807, 2.05) is 0 Å². The lowest BCUT2D eigenvalue weighted by Crippen LogP contribution is -2.34. The number of aliphatic carboxylic acids is 1. The number of hydrogen-bond donors (Lipinski definition) is 3. The molecule has 0 heterocycles. The highest BCUT2D eigenvalue weighted by Gasteiger charge is 2.28. The molecule has 3 atom stereocenters. The summed E-state index contributed by atoms with van der Waals surface area (Å²) in [7, 11) is -4.71. The molecule has 52 heavy (non-hydrogen) atoms. The highest BCUT2D eigenvalue weighted by Crippen LogP contribution is 2.43. The van der Waals surface area contributed by atoms with Crippen molar-refractivity contribution in [3.05, 3.63) is 12.2 Å². The van der Waals surface area contributed by atoms with Crippen LogP contribution < -0.4 is 5.73 Å². The number of carboxylic acids is 1. The summed E-state index contributed by atoms with van der Waals surface area (Å²) in [6, 6.07) is -1.52. The average Bonchev–Trinajstić information content (AvgIpc) is 3.12. The maximum Gasteiger partial charge on any atom is 0.472 e. The molecule has 0 fully saturated rings. The van der Waals surface area contributed by atoms with E-state index in [1.54, 1.807) is 0 Å². The molecule has 12 heteroatoms. The summed E-state index contributed by atoms with van der Waals surface area (Å²) >= 11 is 0. The summed E-state index contributed by atoms with van der Waals surface area (Å²) in [6.07, 6.45) is 34.2. The summed E-state index contributed by atoms with van der Waals surface area (Å²) in [5.41, 5.74) is 5.32. The number of rotatable bonds is 39.